The fraction of sp³-hybridized carbons (Fsp3) is 1.00. The van der Waals surface area contributed by atoms with Gasteiger partial charge >= 0.3 is 0 Å². The van der Waals surface area contributed by atoms with Crippen molar-refractivity contribution < 1.29 is 4.74 Å². The van der Waals surface area contributed by atoms with Crippen LogP contribution in [-0.2, 0) is 4.74 Å². The first-order valence-corrected chi connectivity index (χ1v) is 7.42. The lowest BCUT2D eigenvalue weighted by atomic mass is 10.0. The smallest absolute Gasteiger partial charge is 0.0703 e. The van der Waals surface area contributed by atoms with Gasteiger partial charge in [0.05, 0.1) is 6.10 Å². The van der Waals surface area contributed by atoms with Gasteiger partial charge in [-0.15, -0.1) is 0 Å². The van der Waals surface area contributed by atoms with Crippen molar-refractivity contribution in [3.05, 3.63) is 0 Å². The number of nitrogens with zero attached hydrogens (tertiary/aromatic N) is 1. The molecule has 2 aliphatic heterocycles. The second-order valence-electron chi connectivity index (χ2n) is 6.09. The van der Waals surface area contributed by atoms with Crippen LogP contribution in [0.3, 0.4) is 0 Å². The summed E-state index contributed by atoms with van der Waals surface area (Å²) in [4.78, 5) is 2.66. The molecule has 0 aromatic rings. The first-order chi connectivity index (χ1) is 8.33. The van der Waals surface area contributed by atoms with E-state index in [1.54, 1.807) is 0 Å². The molecule has 2 heterocycles. The first kappa shape index (κ1) is 11.9. The molecular weight excluding hydrogens is 212 g/mol. The summed E-state index contributed by atoms with van der Waals surface area (Å²) in [6.07, 6.45) is 7.27. The summed E-state index contributed by atoms with van der Waals surface area (Å²) < 4.78 is 5.68. The van der Waals surface area contributed by atoms with Crippen LogP contribution in [-0.4, -0.2) is 49.3 Å². The average molecular weight is 238 g/mol. The molecule has 1 aliphatic carbocycles. The fourth-order valence-electron chi connectivity index (χ4n) is 3.29. The highest BCUT2D eigenvalue weighted by molar-refractivity contribution is 4.88. The van der Waals surface area contributed by atoms with Crippen molar-refractivity contribution in [1.29, 1.82) is 0 Å². The largest absolute Gasteiger partial charge is 0.377 e. The Morgan fingerprint density at radius 3 is 2.47 bits per heavy atom. The molecule has 1 saturated carbocycles. The Labute approximate surface area is 105 Å². The molecule has 0 radical (unpaired) electrons. The molecule has 3 nitrogen and oxygen atoms in total. The van der Waals surface area contributed by atoms with Gasteiger partial charge in [-0.2, -0.15) is 0 Å². The van der Waals surface area contributed by atoms with Crippen LogP contribution < -0.4 is 5.32 Å². The molecule has 17 heavy (non-hydrogen) atoms. The van der Waals surface area contributed by atoms with Gasteiger partial charge in [-0.1, -0.05) is 0 Å². The van der Waals surface area contributed by atoms with Crippen molar-refractivity contribution in [3.8, 4) is 0 Å². The van der Waals surface area contributed by atoms with Gasteiger partial charge in [-0.3, -0.25) is 4.90 Å². The van der Waals surface area contributed by atoms with Gasteiger partial charge in [0.15, 0.2) is 0 Å². The molecule has 1 N–H and O–H groups in total. The highest BCUT2D eigenvalue weighted by atomic mass is 16.5. The number of ether oxygens (including phenoxy) is 1. The molecule has 2 saturated heterocycles. The van der Waals surface area contributed by atoms with E-state index in [2.05, 4.69) is 17.1 Å². The SMILES string of the molecule is CC1OCCC1N1CCC(NCC2CC2)CC1. The predicted octanol–water partition coefficient (Wildman–Crippen LogP) is 1.63. The third-order valence-electron chi connectivity index (χ3n) is 4.73. The van der Waals surface area contributed by atoms with Crippen molar-refractivity contribution in [3.63, 3.8) is 0 Å². The highest BCUT2D eigenvalue weighted by Gasteiger charge is 2.32. The van der Waals surface area contributed by atoms with Gasteiger partial charge in [0, 0.05) is 31.8 Å². The molecule has 3 rings (SSSR count). The number of nitrogens with one attached hydrogen (secondary N) is 1. The topological polar surface area (TPSA) is 24.5 Å². The number of hydrogen-bond acceptors (Lipinski definition) is 3. The third-order valence-corrected chi connectivity index (χ3v) is 4.73. The number of rotatable bonds is 4. The van der Waals surface area contributed by atoms with Gasteiger partial charge in [-0.05, 0) is 51.5 Å². The van der Waals surface area contributed by atoms with Crippen molar-refractivity contribution >= 4 is 0 Å². The molecule has 2 atom stereocenters. The quantitative estimate of drug-likeness (QED) is 0.805. The van der Waals surface area contributed by atoms with E-state index in [1.165, 1.54) is 51.7 Å². The minimum absolute atomic E-state index is 0.450. The minimum Gasteiger partial charge on any atom is -0.377 e. The summed E-state index contributed by atoms with van der Waals surface area (Å²) in [5.74, 6) is 1.01. The summed E-state index contributed by atoms with van der Waals surface area (Å²) in [5.41, 5.74) is 0. The second kappa shape index (κ2) is 5.25. The minimum atomic E-state index is 0.450. The standard InChI is InChI=1S/C14H26N2O/c1-11-14(6-9-17-11)16-7-4-13(5-8-16)15-10-12-2-3-12/h11-15H,2-10H2,1H3. The van der Waals surface area contributed by atoms with Crippen LogP contribution in [0.15, 0.2) is 0 Å². The Balaban J connectivity index is 1.40. The van der Waals surface area contributed by atoms with E-state index in [0.29, 0.717) is 12.1 Å². The van der Waals surface area contributed by atoms with E-state index in [9.17, 15) is 0 Å². The molecule has 0 bridgehead atoms. The molecule has 0 spiro atoms. The average Bonchev–Trinajstić information content (AvgIpc) is 3.09. The summed E-state index contributed by atoms with van der Waals surface area (Å²) in [7, 11) is 0. The lowest BCUT2D eigenvalue weighted by molar-refractivity contribution is 0.0607. The number of piperidine rings is 1. The summed E-state index contributed by atoms with van der Waals surface area (Å²) >= 11 is 0. The third kappa shape index (κ3) is 3.01. The second-order valence-corrected chi connectivity index (χ2v) is 6.09. The number of hydrogen-bond donors (Lipinski definition) is 1. The van der Waals surface area contributed by atoms with Gasteiger partial charge < -0.3 is 10.1 Å². The monoisotopic (exact) mass is 238 g/mol. The van der Waals surface area contributed by atoms with E-state index < -0.39 is 0 Å². The van der Waals surface area contributed by atoms with E-state index in [0.717, 1.165) is 18.6 Å². The summed E-state index contributed by atoms with van der Waals surface area (Å²) in [6.45, 7) is 7.00. The van der Waals surface area contributed by atoms with Crippen LogP contribution >= 0.6 is 0 Å². The van der Waals surface area contributed by atoms with Crippen LogP contribution in [0, 0.1) is 5.92 Å². The van der Waals surface area contributed by atoms with Crippen LogP contribution in [0.4, 0.5) is 0 Å². The van der Waals surface area contributed by atoms with Crippen LogP contribution in [0.2, 0.25) is 0 Å². The molecule has 3 fully saturated rings. The zero-order valence-corrected chi connectivity index (χ0v) is 11.0. The summed E-state index contributed by atoms with van der Waals surface area (Å²) in [6, 6.07) is 1.48. The van der Waals surface area contributed by atoms with Crippen molar-refractivity contribution in [2.24, 2.45) is 5.92 Å². The van der Waals surface area contributed by atoms with Gasteiger partial charge in [0.2, 0.25) is 0 Å². The zero-order valence-electron chi connectivity index (χ0n) is 11.0. The molecule has 3 aliphatic rings. The Hall–Kier alpha value is -0.120. The van der Waals surface area contributed by atoms with E-state index >= 15 is 0 Å². The normalized spacial score (nSPS) is 36.5. The Morgan fingerprint density at radius 1 is 1.12 bits per heavy atom. The maximum Gasteiger partial charge on any atom is 0.0703 e. The molecule has 0 aromatic heterocycles. The predicted molar refractivity (Wildman–Crippen MR) is 69.1 cm³/mol. The summed E-state index contributed by atoms with van der Waals surface area (Å²) in [5, 5.41) is 3.75. The van der Waals surface area contributed by atoms with E-state index in [-0.39, 0.29) is 0 Å². The molecule has 3 heteroatoms. The number of likely N-dealkylation sites (tertiary alicyclic amines) is 1. The molecule has 0 aromatic carbocycles. The molecule has 0 amide bonds. The zero-order chi connectivity index (χ0) is 11.7. The van der Waals surface area contributed by atoms with Crippen molar-refractivity contribution in [1.82, 2.24) is 10.2 Å². The Kier molecular flexibility index (Phi) is 3.69. The maximum atomic E-state index is 5.68. The van der Waals surface area contributed by atoms with Crippen LogP contribution in [0.5, 0.6) is 0 Å². The molecular formula is C14H26N2O. The van der Waals surface area contributed by atoms with E-state index in [1.807, 2.05) is 0 Å². The molecule has 98 valence electrons. The van der Waals surface area contributed by atoms with Gasteiger partial charge in [-0.25, -0.2) is 0 Å². The van der Waals surface area contributed by atoms with Crippen molar-refractivity contribution in [2.45, 2.75) is 57.2 Å². The van der Waals surface area contributed by atoms with Crippen molar-refractivity contribution in [2.75, 3.05) is 26.2 Å². The molecule has 2 unspecified atom stereocenters. The van der Waals surface area contributed by atoms with Crippen LogP contribution in [0.25, 0.3) is 0 Å². The Morgan fingerprint density at radius 2 is 1.88 bits per heavy atom. The Bertz CT molecular complexity index is 247. The fourth-order valence-corrected chi connectivity index (χ4v) is 3.29. The first-order valence-electron chi connectivity index (χ1n) is 7.42. The maximum absolute atomic E-state index is 5.68. The lowest BCUT2D eigenvalue weighted by Crippen LogP contribution is -2.48. The van der Waals surface area contributed by atoms with Gasteiger partial charge in [0.25, 0.3) is 0 Å². The highest BCUT2D eigenvalue weighted by Crippen LogP contribution is 2.28. The van der Waals surface area contributed by atoms with E-state index in [4.69, 9.17) is 4.74 Å². The van der Waals surface area contributed by atoms with Crippen LogP contribution in [0.1, 0.15) is 39.0 Å². The van der Waals surface area contributed by atoms with Gasteiger partial charge in [0.1, 0.15) is 0 Å². The lowest BCUT2D eigenvalue weighted by Gasteiger charge is -2.37.